The summed E-state index contributed by atoms with van der Waals surface area (Å²) in [6.07, 6.45) is -5.68. The number of aliphatic hydroxyl groups is 1. The number of carbonyl (C=O) groups is 3. The molecule has 0 aromatic carbocycles. The molecule has 0 heterocycles. The zero-order chi connectivity index (χ0) is 18.0. The summed E-state index contributed by atoms with van der Waals surface area (Å²) >= 11 is 0. The van der Waals surface area contributed by atoms with E-state index in [1.54, 1.807) is 0 Å². The first-order valence-corrected chi connectivity index (χ1v) is 7.26. The molecule has 1 rings (SSSR count). The maximum atomic E-state index is 13.2. The van der Waals surface area contributed by atoms with E-state index in [4.69, 9.17) is 16.2 Å². The Morgan fingerprint density at radius 1 is 1.35 bits per heavy atom. The van der Waals surface area contributed by atoms with Crippen molar-refractivity contribution >= 4 is 17.9 Å². The third-order valence-corrected chi connectivity index (χ3v) is 3.69. The molecule has 0 bridgehead atoms. The fourth-order valence-corrected chi connectivity index (χ4v) is 2.61. The number of nitrogens with two attached hydrogens (primary N) is 2. The van der Waals surface area contributed by atoms with E-state index in [-0.39, 0.29) is 24.7 Å². The van der Waals surface area contributed by atoms with Gasteiger partial charge in [-0.3, -0.25) is 9.59 Å². The van der Waals surface area contributed by atoms with Crippen molar-refractivity contribution in [1.29, 1.82) is 0 Å². The Balaban J connectivity index is 2.90. The van der Waals surface area contributed by atoms with Crippen LogP contribution in [0.3, 0.4) is 0 Å². The van der Waals surface area contributed by atoms with Gasteiger partial charge in [0.25, 0.3) is 5.91 Å². The molecule has 1 saturated carbocycles. The van der Waals surface area contributed by atoms with Gasteiger partial charge in [-0.1, -0.05) is 20.8 Å². The lowest BCUT2D eigenvalue weighted by Gasteiger charge is -2.47. The molecule has 2 atom stereocenters. The van der Waals surface area contributed by atoms with E-state index in [1.165, 1.54) is 0 Å². The van der Waals surface area contributed by atoms with Crippen molar-refractivity contribution in [2.45, 2.75) is 64.0 Å². The van der Waals surface area contributed by atoms with Gasteiger partial charge in [0.2, 0.25) is 5.91 Å². The van der Waals surface area contributed by atoms with Gasteiger partial charge >= 0.3 is 6.09 Å². The number of alkyl halides is 1. The first-order valence-electron chi connectivity index (χ1n) is 7.26. The second-order valence-electron chi connectivity index (χ2n) is 7.15. The third-order valence-electron chi connectivity index (χ3n) is 3.69. The fraction of sp³-hybridized carbons (Fsp3) is 0.786. The summed E-state index contributed by atoms with van der Waals surface area (Å²) in [6.45, 7) is 5.48. The van der Waals surface area contributed by atoms with Crippen LogP contribution in [0, 0.1) is 5.41 Å². The SMILES string of the molecule is CC(C)(C)C[C@H](OC(N)=O)C(=O)NC1([C@H](O)C(N)=O)CC(F)C1. The summed E-state index contributed by atoms with van der Waals surface area (Å²) in [5.74, 6) is -1.83. The molecule has 0 unspecified atom stereocenters. The zero-order valence-electron chi connectivity index (χ0n) is 13.5. The number of nitrogens with one attached hydrogen (secondary N) is 1. The summed E-state index contributed by atoms with van der Waals surface area (Å²) in [4.78, 5) is 34.5. The maximum absolute atomic E-state index is 13.2. The molecule has 3 amide bonds. The number of carbonyl (C=O) groups excluding carboxylic acids is 3. The molecular weight excluding hydrogens is 309 g/mol. The molecule has 23 heavy (non-hydrogen) atoms. The molecule has 0 aromatic rings. The van der Waals surface area contributed by atoms with Gasteiger partial charge in [0.15, 0.2) is 12.2 Å². The van der Waals surface area contributed by atoms with Gasteiger partial charge in [-0.2, -0.15) is 0 Å². The predicted octanol–water partition coefficient (Wildman–Crippen LogP) is -0.280. The molecule has 0 saturated heterocycles. The largest absolute Gasteiger partial charge is 0.436 e. The third kappa shape index (κ3) is 5.05. The normalized spacial score (nSPS) is 26.6. The van der Waals surface area contributed by atoms with Crippen LogP contribution in [0.2, 0.25) is 0 Å². The summed E-state index contributed by atoms with van der Waals surface area (Å²) in [5, 5.41) is 12.3. The summed E-state index contributed by atoms with van der Waals surface area (Å²) in [7, 11) is 0. The molecule has 6 N–H and O–H groups in total. The van der Waals surface area contributed by atoms with E-state index in [9.17, 15) is 23.9 Å². The van der Waals surface area contributed by atoms with Crippen molar-refractivity contribution in [2.24, 2.45) is 16.9 Å². The van der Waals surface area contributed by atoms with Crippen LogP contribution in [-0.4, -0.2) is 46.9 Å². The number of hydrogen-bond donors (Lipinski definition) is 4. The number of primary amides is 2. The van der Waals surface area contributed by atoms with Crippen LogP contribution < -0.4 is 16.8 Å². The average Bonchev–Trinajstić information content (AvgIpc) is 2.32. The van der Waals surface area contributed by atoms with Gasteiger partial charge in [-0.25, -0.2) is 9.18 Å². The van der Waals surface area contributed by atoms with Crippen molar-refractivity contribution in [1.82, 2.24) is 5.32 Å². The molecule has 1 fully saturated rings. The maximum Gasteiger partial charge on any atom is 0.405 e. The highest BCUT2D eigenvalue weighted by Gasteiger charge is 2.53. The molecule has 1 aliphatic rings. The average molecular weight is 333 g/mol. The number of ether oxygens (including phenoxy) is 1. The van der Waals surface area contributed by atoms with Gasteiger partial charge in [0, 0.05) is 12.8 Å². The van der Waals surface area contributed by atoms with Gasteiger partial charge in [-0.05, 0) is 11.8 Å². The van der Waals surface area contributed by atoms with Crippen molar-refractivity contribution in [3.8, 4) is 0 Å². The van der Waals surface area contributed by atoms with E-state index in [0.29, 0.717) is 0 Å². The van der Waals surface area contributed by atoms with Gasteiger partial charge in [0.05, 0.1) is 5.54 Å². The monoisotopic (exact) mass is 333 g/mol. The van der Waals surface area contributed by atoms with E-state index < -0.39 is 41.8 Å². The Morgan fingerprint density at radius 3 is 2.22 bits per heavy atom. The lowest BCUT2D eigenvalue weighted by atomic mass is 9.70. The van der Waals surface area contributed by atoms with Crippen LogP contribution in [0.15, 0.2) is 0 Å². The molecule has 9 heteroatoms. The second-order valence-corrected chi connectivity index (χ2v) is 7.15. The van der Waals surface area contributed by atoms with Crippen LogP contribution in [-0.2, 0) is 14.3 Å². The van der Waals surface area contributed by atoms with Crippen molar-refractivity contribution < 1.29 is 28.6 Å². The molecule has 0 radical (unpaired) electrons. The highest BCUT2D eigenvalue weighted by Crippen LogP contribution is 2.38. The highest BCUT2D eigenvalue weighted by molar-refractivity contribution is 5.86. The van der Waals surface area contributed by atoms with Crippen molar-refractivity contribution in [2.75, 3.05) is 0 Å². The summed E-state index contributed by atoms with van der Waals surface area (Å²) in [5.41, 5.74) is 8.16. The van der Waals surface area contributed by atoms with Crippen LogP contribution in [0.1, 0.15) is 40.0 Å². The second kappa shape index (κ2) is 6.69. The quantitative estimate of drug-likeness (QED) is 0.528. The number of amides is 3. The van der Waals surface area contributed by atoms with Crippen LogP contribution >= 0.6 is 0 Å². The molecule has 8 nitrogen and oxygen atoms in total. The minimum Gasteiger partial charge on any atom is -0.436 e. The topological polar surface area (TPSA) is 145 Å². The Morgan fingerprint density at radius 2 is 1.87 bits per heavy atom. The molecule has 0 aliphatic heterocycles. The number of rotatable bonds is 6. The summed E-state index contributed by atoms with van der Waals surface area (Å²) in [6, 6.07) is 0. The van der Waals surface area contributed by atoms with Crippen LogP contribution in [0.5, 0.6) is 0 Å². The number of halogens is 1. The first-order chi connectivity index (χ1) is 10.4. The minimum absolute atomic E-state index is 0.156. The lowest BCUT2D eigenvalue weighted by Crippen LogP contribution is -2.69. The van der Waals surface area contributed by atoms with E-state index in [1.807, 2.05) is 20.8 Å². The van der Waals surface area contributed by atoms with Gasteiger partial charge < -0.3 is 26.6 Å². The number of hydrogen-bond acceptors (Lipinski definition) is 5. The van der Waals surface area contributed by atoms with Crippen molar-refractivity contribution in [3.05, 3.63) is 0 Å². The Bertz CT molecular complexity index is 485. The highest BCUT2D eigenvalue weighted by atomic mass is 19.1. The molecule has 1 aliphatic carbocycles. The van der Waals surface area contributed by atoms with Gasteiger partial charge in [-0.15, -0.1) is 0 Å². The molecule has 0 spiro atoms. The Kier molecular flexibility index (Phi) is 5.57. The number of aliphatic hydroxyl groups excluding tert-OH is 1. The van der Waals surface area contributed by atoms with E-state index in [2.05, 4.69) is 5.32 Å². The smallest absolute Gasteiger partial charge is 0.405 e. The van der Waals surface area contributed by atoms with E-state index in [0.717, 1.165) is 0 Å². The fourth-order valence-electron chi connectivity index (χ4n) is 2.61. The predicted molar refractivity (Wildman–Crippen MR) is 78.7 cm³/mol. The van der Waals surface area contributed by atoms with Crippen molar-refractivity contribution in [3.63, 3.8) is 0 Å². The van der Waals surface area contributed by atoms with Gasteiger partial charge in [0.1, 0.15) is 6.17 Å². The minimum atomic E-state index is -1.73. The lowest BCUT2D eigenvalue weighted by molar-refractivity contribution is -0.145. The first kappa shape index (κ1) is 19.1. The van der Waals surface area contributed by atoms with Crippen LogP contribution in [0.4, 0.5) is 9.18 Å². The molecular formula is C14H24FN3O5. The molecule has 0 aromatic heterocycles. The van der Waals surface area contributed by atoms with Crippen LogP contribution in [0.25, 0.3) is 0 Å². The van der Waals surface area contributed by atoms with E-state index >= 15 is 0 Å². The standard InChI is InChI=1S/C14H24FN3O5/c1-13(2,3)6-8(23-12(17)22)11(21)18-14(4-7(15)5-14)9(19)10(16)20/h7-9,19H,4-6H2,1-3H3,(H2,16,20)(H2,17,22)(H,18,21)/t7?,8-,9+,14?/m0/s1. The Labute approximate surface area is 133 Å². The Hall–Kier alpha value is -1.90. The zero-order valence-corrected chi connectivity index (χ0v) is 13.5. The summed E-state index contributed by atoms with van der Waals surface area (Å²) < 4.78 is 18.1. The molecule has 132 valence electrons.